The summed E-state index contributed by atoms with van der Waals surface area (Å²) in [5.41, 5.74) is 1.33. The van der Waals surface area contributed by atoms with Crippen molar-refractivity contribution in [1.29, 1.82) is 0 Å². The lowest BCUT2D eigenvalue weighted by molar-refractivity contribution is -0.122. The molecule has 4 nitrogen and oxygen atoms in total. The highest BCUT2D eigenvalue weighted by Gasteiger charge is 2.43. The number of allylic oxidation sites excluding steroid dienone is 2. The quantitative estimate of drug-likeness (QED) is 0.280. The Balaban J connectivity index is 1.74. The average Bonchev–Trinajstić information content (AvgIpc) is 3.16. The first-order valence-electron chi connectivity index (χ1n) is 12.6. The maximum atomic E-state index is 12.0. The summed E-state index contributed by atoms with van der Waals surface area (Å²) >= 11 is 0. The van der Waals surface area contributed by atoms with Gasteiger partial charge in [0.05, 0.1) is 12.2 Å². The van der Waals surface area contributed by atoms with Gasteiger partial charge in [0.15, 0.2) is 0 Å². The van der Waals surface area contributed by atoms with E-state index in [-0.39, 0.29) is 23.5 Å². The van der Waals surface area contributed by atoms with E-state index in [1.807, 2.05) is 26.8 Å². The van der Waals surface area contributed by atoms with Gasteiger partial charge in [-0.05, 0) is 77.0 Å². The molecular weight excluding hydrogens is 386 g/mol. The number of carbonyl (C=O) groups excluding carboxylic acids is 1. The maximum absolute atomic E-state index is 12.0. The highest BCUT2D eigenvalue weighted by Crippen LogP contribution is 2.48. The van der Waals surface area contributed by atoms with Crippen molar-refractivity contribution in [2.75, 3.05) is 0 Å². The predicted molar refractivity (Wildman–Crippen MR) is 129 cm³/mol. The van der Waals surface area contributed by atoms with Crippen molar-refractivity contribution in [1.82, 2.24) is 5.32 Å². The van der Waals surface area contributed by atoms with Crippen molar-refractivity contribution in [2.45, 2.75) is 117 Å². The van der Waals surface area contributed by atoms with Gasteiger partial charge in [0, 0.05) is 17.9 Å². The Morgan fingerprint density at radius 2 is 2.03 bits per heavy atom. The first-order chi connectivity index (χ1) is 14.6. The van der Waals surface area contributed by atoms with Gasteiger partial charge in [0.1, 0.15) is 0 Å². The van der Waals surface area contributed by atoms with E-state index in [0.717, 1.165) is 38.5 Å². The molecule has 0 heterocycles. The van der Waals surface area contributed by atoms with Crippen LogP contribution in [0.3, 0.4) is 0 Å². The molecule has 4 heteroatoms. The molecule has 0 saturated heterocycles. The molecule has 2 aliphatic carbocycles. The monoisotopic (exact) mass is 433 g/mol. The van der Waals surface area contributed by atoms with E-state index >= 15 is 0 Å². The van der Waals surface area contributed by atoms with E-state index in [9.17, 15) is 15.0 Å². The summed E-state index contributed by atoms with van der Waals surface area (Å²) in [6.07, 6.45) is 15.6. The molecule has 0 radical (unpaired) electrons. The van der Waals surface area contributed by atoms with Crippen LogP contribution in [0.4, 0.5) is 0 Å². The molecule has 1 amide bonds. The molecule has 178 valence electrons. The van der Waals surface area contributed by atoms with Crippen molar-refractivity contribution < 1.29 is 15.0 Å². The summed E-state index contributed by atoms with van der Waals surface area (Å²) < 4.78 is 0. The zero-order chi connectivity index (χ0) is 23.0. The van der Waals surface area contributed by atoms with E-state index in [1.54, 1.807) is 0 Å². The topological polar surface area (TPSA) is 69.6 Å². The lowest BCUT2D eigenvalue weighted by Gasteiger charge is -2.20. The van der Waals surface area contributed by atoms with Crippen molar-refractivity contribution in [2.24, 2.45) is 23.7 Å². The molecule has 0 aliphatic heterocycles. The zero-order valence-electron chi connectivity index (χ0n) is 20.6. The van der Waals surface area contributed by atoms with Crippen LogP contribution in [0.1, 0.15) is 98.8 Å². The standard InChI is InChI=1S/C27H47NO3/c1-6-7-10-19(2)15-22(29)13-14-23-24-17-20(16-21(24)18-25(23)30)11-8-9-12-26(31)28-27(3,4)5/h13-14,16,19,21-25,29-30H,6-12,15,17-18H2,1-5H3,(H,28,31)/b14-13+/t19-,21-,22+,23+,24-,25+/m0/s1. The summed E-state index contributed by atoms with van der Waals surface area (Å²) in [5.74, 6) is 1.75. The van der Waals surface area contributed by atoms with Crippen molar-refractivity contribution in [3.8, 4) is 0 Å². The molecule has 0 spiro atoms. The predicted octanol–water partition coefficient (Wildman–Crippen LogP) is 5.54. The lowest BCUT2D eigenvalue weighted by atomic mass is 9.88. The third-order valence-electron chi connectivity index (χ3n) is 6.87. The van der Waals surface area contributed by atoms with Crippen LogP contribution in [0, 0.1) is 23.7 Å². The highest BCUT2D eigenvalue weighted by atomic mass is 16.3. The average molecular weight is 434 g/mol. The van der Waals surface area contributed by atoms with Gasteiger partial charge in [0.25, 0.3) is 0 Å². The maximum Gasteiger partial charge on any atom is 0.220 e. The minimum Gasteiger partial charge on any atom is -0.392 e. The van der Waals surface area contributed by atoms with Gasteiger partial charge in [-0.25, -0.2) is 0 Å². The Hall–Kier alpha value is -1.13. The Kier molecular flexibility index (Phi) is 10.3. The molecule has 2 aliphatic rings. The molecule has 31 heavy (non-hydrogen) atoms. The number of hydrogen-bond acceptors (Lipinski definition) is 3. The van der Waals surface area contributed by atoms with Crippen LogP contribution < -0.4 is 5.32 Å². The molecule has 0 aromatic carbocycles. The summed E-state index contributed by atoms with van der Waals surface area (Å²) in [4.78, 5) is 12.0. The number of unbranched alkanes of at least 4 members (excludes halogenated alkanes) is 2. The molecule has 0 aromatic heterocycles. The van der Waals surface area contributed by atoms with Crippen LogP contribution in [0.25, 0.3) is 0 Å². The van der Waals surface area contributed by atoms with Crippen LogP contribution in [0.15, 0.2) is 23.8 Å². The molecular formula is C27H47NO3. The third-order valence-corrected chi connectivity index (χ3v) is 6.87. The molecule has 1 fully saturated rings. The van der Waals surface area contributed by atoms with Gasteiger partial charge in [-0.3, -0.25) is 4.79 Å². The molecule has 0 bridgehead atoms. The second kappa shape index (κ2) is 12.2. The number of aliphatic hydroxyl groups is 2. The fraction of sp³-hybridized carbons (Fsp3) is 0.815. The van der Waals surface area contributed by atoms with Crippen LogP contribution in [-0.4, -0.2) is 33.9 Å². The van der Waals surface area contributed by atoms with Crippen LogP contribution in [0.2, 0.25) is 0 Å². The summed E-state index contributed by atoms with van der Waals surface area (Å²) in [6, 6.07) is 0. The van der Waals surface area contributed by atoms with Gasteiger partial charge >= 0.3 is 0 Å². The first-order valence-corrected chi connectivity index (χ1v) is 12.6. The van der Waals surface area contributed by atoms with Gasteiger partial charge in [-0.15, -0.1) is 0 Å². The molecule has 6 atom stereocenters. The Morgan fingerprint density at radius 1 is 1.29 bits per heavy atom. The number of fused-ring (bicyclic) bond motifs is 1. The van der Waals surface area contributed by atoms with Crippen molar-refractivity contribution >= 4 is 5.91 Å². The SMILES string of the molecule is CCCC[C@H](C)C[C@H](O)/C=C/[C@@H]1[C@H]2CC(CCCCC(=O)NC(C)(C)C)=C[C@H]2C[C@H]1O. The number of hydrogen-bond donors (Lipinski definition) is 3. The van der Waals surface area contributed by atoms with Crippen LogP contribution >= 0.6 is 0 Å². The molecule has 3 N–H and O–H groups in total. The highest BCUT2D eigenvalue weighted by molar-refractivity contribution is 5.76. The minimum absolute atomic E-state index is 0.140. The van der Waals surface area contributed by atoms with E-state index < -0.39 is 6.10 Å². The van der Waals surface area contributed by atoms with Crippen molar-refractivity contribution in [3.05, 3.63) is 23.8 Å². The normalized spacial score (nSPS) is 27.9. The Labute approximate surface area is 190 Å². The summed E-state index contributed by atoms with van der Waals surface area (Å²) in [7, 11) is 0. The number of carbonyl (C=O) groups is 1. The lowest BCUT2D eigenvalue weighted by Crippen LogP contribution is -2.40. The van der Waals surface area contributed by atoms with Crippen LogP contribution in [-0.2, 0) is 4.79 Å². The van der Waals surface area contributed by atoms with E-state index in [4.69, 9.17) is 0 Å². The summed E-state index contributed by atoms with van der Waals surface area (Å²) in [6.45, 7) is 10.5. The van der Waals surface area contributed by atoms with Gasteiger partial charge in [-0.2, -0.15) is 0 Å². The van der Waals surface area contributed by atoms with Crippen LogP contribution in [0.5, 0.6) is 0 Å². The van der Waals surface area contributed by atoms with E-state index in [2.05, 4.69) is 31.3 Å². The number of aliphatic hydroxyl groups excluding tert-OH is 2. The van der Waals surface area contributed by atoms with E-state index in [0.29, 0.717) is 24.2 Å². The first kappa shape index (κ1) is 26.1. The Morgan fingerprint density at radius 3 is 2.71 bits per heavy atom. The largest absolute Gasteiger partial charge is 0.392 e. The Bertz CT molecular complexity index is 618. The number of nitrogens with one attached hydrogen (secondary N) is 1. The fourth-order valence-corrected chi connectivity index (χ4v) is 5.33. The summed E-state index contributed by atoms with van der Waals surface area (Å²) in [5, 5.41) is 24.0. The van der Waals surface area contributed by atoms with Crippen molar-refractivity contribution in [3.63, 3.8) is 0 Å². The van der Waals surface area contributed by atoms with E-state index in [1.165, 1.54) is 24.8 Å². The van der Waals surface area contributed by atoms with Gasteiger partial charge in [-0.1, -0.05) is 56.9 Å². The number of amides is 1. The second-order valence-electron chi connectivity index (χ2n) is 11.2. The van der Waals surface area contributed by atoms with Gasteiger partial charge in [0.2, 0.25) is 5.91 Å². The molecule has 0 unspecified atom stereocenters. The smallest absolute Gasteiger partial charge is 0.220 e. The second-order valence-corrected chi connectivity index (χ2v) is 11.2. The minimum atomic E-state index is -0.411. The zero-order valence-corrected chi connectivity index (χ0v) is 20.6. The molecule has 2 rings (SSSR count). The third kappa shape index (κ3) is 9.10. The molecule has 1 saturated carbocycles. The number of rotatable bonds is 12. The van der Waals surface area contributed by atoms with Gasteiger partial charge < -0.3 is 15.5 Å². The fourth-order valence-electron chi connectivity index (χ4n) is 5.33. The molecule has 0 aromatic rings.